The lowest BCUT2D eigenvalue weighted by Crippen LogP contribution is -2.54. The maximum atomic E-state index is 11.1. The molecule has 18 heavy (non-hydrogen) atoms. The SMILES string of the molecule is Cc1ccc(N2CC(C)NC(C)C2)c([N+](=O)[O-])c1. The Morgan fingerprint density at radius 2 is 1.94 bits per heavy atom. The third-order valence-electron chi connectivity index (χ3n) is 3.23. The van der Waals surface area contributed by atoms with Crippen LogP contribution in [-0.2, 0) is 0 Å². The van der Waals surface area contributed by atoms with Gasteiger partial charge in [-0.15, -0.1) is 0 Å². The maximum absolute atomic E-state index is 11.1. The number of rotatable bonds is 2. The number of nitro benzene ring substituents is 1. The molecule has 0 radical (unpaired) electrons. The lowest BCUT2D eigenvalue weighted by molar-refractivity contribution is -0.384. The molecule has 1 aromatic carbocycles. The fourth-order valence-electron chi connectivity index (χ4n) is 2.57. The van der Waals surface area contributed by atoms with Crippen LogP contribution < -0.4 is 10.2 Å². The number of nitro groups is 1. The fourth-order valence-corrected chi connectivity index (χ4v) is 2.57. The van der Waals surface area contributed by atoms with E-state index in [0.717, 1.165) is 24.3 Å². The Hall–Kier alpha value is -1.62. The molecule has 1 N–H and O–H groups in total. The van der Waals surface area contributed by atoms with Gasteiger partial charge in [0.05, 0.1) is 4.92 Å². The predicted octanol–water partition coefficient (Wildman–Crippen LogP) is 2.09. The van der Waals surface area contributed by atoms with Crippen molar-refractivity contribution in [1.29, 1.82) is 0 Å². The highest BCUT2D eigenvalue weighted by atomic mass is 16.6. The van der Waals surface area contributed by atoms with Crippen LogP contribution in [0.1, 0.15) is 19.4 Å². The first-order chi connectivity index (χ1) is 8.47. The Bertz CT molecular complexity index is 452. The Morgan fingerprint density at radius 3 is 2.50 bits per heavy atom. The molecule has 2 unspecified atom stereocenters. The normalized spacial score (nSPS) is 24.1. The number of nitrogens with one attached hydrogen (secondary N) is 1. The molecule has 0 saturated carbocycles. The minimum absolute atomic E-state index is 0.205. The van der Waals surface area contributed by atoms with E-state index in [-0.39, 0.29) is 10.6 Å². The first-order valence-corrected chi connectivity index (χ1v) is 6.23. The smallest absolute Gasteiger partial charge is 0.292 e. The summed E-state index contributed by atoms with van der Waals surface area (Å²) >= 11 is 0. The summed E-state index contributed by atoms with van der Waals surface area (Å²) in [5, 5.41) is 14.6. The van der Waals surface area contributed by atoms with Crippen LogP contribution in [0.15, 0.2) is 18.2 Å². The van der Waals surface area contributed by atoms with Gasteiger partial charge in [0, 0.05) is 31.2 Å². The summed E-state index contributed by atoms with van der Waals surface area (Å²) in [6.07, 6.45) is 0. The molecule has 0 aliphatic carbocycles. The van der Waals surface area contributed by atoms with Crippen LogP contribution in [0.2, 0.25) is 0 Å². The molecule has 2 atom stereocenters. The van der Waals surface area contributed by atoms with Crippen LogP contribution in [0, 0.1) is 17.0 Å². The van der Waals surface area contributed by atoms with E-state index in [2.05, 4.69) is 24.1 Å². The molecule has 0 amide bonds. The number of benzene rings is 1. The van der Waals surface area contributed by atoms with E-state index in [1.165, 1.54) is 0 Å². The summed E-state index contributed by atoms with van der Waals surface area (Å²) in [6, 6.07) is 6.12. The van der Waals surface area contributed by atoms with Gasteiger partial charge in [0.25, 0.3) is 5.69 Å². The molecule has 1 fully saturated rings. The average molecular weight is 249 g/mol. The number of piperazine rings is 1. The highest BCUT2D eigenvalue weighted by Crippen LogP contribution is 2.30. The fraction of sp³-hybridized carbons (Fsp3) is 0.538. The molecule has 1 aliphatic heterocycles. The molecule has 0 aromatic heterocycles. The monoisotopic (exact) mass is 249 g/mol. The Balaban J connectivity index is 2.35. The molecule has 5 nitrogen and oxygen atoms in total. The van der Waals surface area contributed by atoms with Crippen molar-refractivity contribution in [2.24, 2.45) is 0 Å². The van der Waals surface area contributed by atoms with Crippen LogP contribution in [0.3, 0.4) is 0 Å². The van der Waals surface area contributed by atoms with E-state index in [1.807, 2.05) is 19.1 Å². The zero-order valence-corrected chi connectivity index (χ0v) is 11.0. The molecule has 0 spiro atoms. The van der Waals surface area contributed by atoms with Gasteiger partial charge in [-0.2, -0.15) is 0 Å². The van der Waals surface area contributed by atoms with E-state index in [9.17, 15) is 10.1 Å². The molecular formula is C13H19N3O2. The van der Waals surface area contributed by atoms with Crippen molar-refractivity contribution >= 4 is 11.4 Å². The number of hydrogen-bond acceptors (Lipinski definition) is 4. The van der Waals surface area contributed by atoms with Gasteiger partial charge in [-0.25, -0.2) is 0 Å². The minimum Gasteiger partial charge on any atom is -0.363 e. The van der Waals surface area contributed by atoms with Gasteiger partial charge >= 0.3 is 0 Å². The Kier molecular flexibility index (Phi) is 3.52. The van der Waals surface area contributed by atoms with Crippen LogP contribution in [-0.4, -0.2) is 30.1 Å². The third kappa shape index (κ3) is 2.61. The molecule has 0 bridgehead atoms. The molecular weight excluding hydrogens is 230 g/mol. The summed E-state index contributed by atoms with van der Waals surface area (Å²) in [6.45, 7) is 7.67. The quantitative estimate of drug-likeness (QED) is 0.644. The van der Waals surface area contributed by atoms with Crippen molar-refractivity contribution in [1.82, 2.24) is 5.32 Å². The third-order valence-corrected chi connectivity index (χ3v) is 3.23. The molecule has 2 rings (SSSR count). The van der Waals surface area contributed by atoms with E-state index < -0.39 is 0 Å². The highest BCUT2D eigenvalue weighted by Gasteiger charge is 2.26. The second kappa shape index (κ2) is 4.94. The molecule has 1 saturated heterocycles. The van der Waals surface area contributed by atoms with Crippen LogP contribution >= 0.6 is 0 Å². The lowest BCUT2D eigenvalue weighted by Gasteiger charge is -2.37. The topological polar surface area (TPSA) is 58.4 Å². The van der Waals surface area contributed by atoms with Gasteiger partial charge < -0.3 is 10.2 Å². The summed E-state index contributed by atoms with van der Waals surface area (Å²) in [5.41, 5.74) is 1.85. The van der Waals surface area contributed by atoms with E-state index in [1.54, 1.807) is 6.07 Å². The molecule has 1 heterocycles. The molecule has 98 valence electrons. The number of hydrogen-bond donors (Lipinski definition) is 1. The summed E-state index contributed by atoms with van der Waals surface area (Å²) in [4.78, 5) is 13.0. The first-order valence-electron chi connectivity index (χ1n) is 6.23. The molecule has 1 aliphatic rings. The van der Waals surface area contributed by atoms with Gasteiger partial charge in [0.1, 0.15) is 5.69 Å². The van der Waals surface area contributed by atoms with Crippen molar-refractivity contribution in [3.63, 3.8) is 0 Å². The van der Waals surface area contributed by atoms with Gasteiger partial charge in [-0.3, -0.25) is 10.1 Å². The molecule has 1 aromatic rings. The maximum Gasteiger partial charge on any atom is 0.292 e. The van der Waals surface area contributed by atoms with Gasteiger partial charge in [-0.05, 0) is 32.4 Å². The second-order valence-corrected chi connectivity index (χ2v) is 5.12. The summed E-state index contributed by atoms with van der Waals surface area (Å²) in [5.74, 6) is 0. The van der Waals surface area contributed by atoms with E-state index >= 15 is 0 Å². The van der Waals surface area contributed by atoms with Gasteiger partial charge in [0.2, 0.25) is 0 Å². The van der Waals surface area contributed by atoms with Crippen molar-refractivity contribution in [3.05, 3.63) is 33.9 Å². The molecule has 5 heteroatoms. The van der Waals surface area contributed by atoms with Crippen LogP contribution in [0.25, 0.3) is 0 Å². The number of anilines is 1. The second-order valence-electron chi connectivity index (χ2n) is 5.12. The van der Waals surface area contributed by atoms with Crippen LogP contribution in [0.5, 0.6) is 0 Å². The van der Waals surface area contributed by atoms with Crippen LogP contribution in [0.4, 0.5) is 11.4 Å². The van der Waals surface area contributed by atoms with Crippen molar-refractivity contribution < 1.29 is 4.92 Å². The van der Waals surface area contributed by atoms with Crippen molar-refractivity contribution in [2.75, 3.05) is 18.0 Å². The zero-order chi connectivity index (χ0) is 13.3. The number of nitrogens with zero attached hydrogens (tertiary/aromatic N) is 2. The average Bonchev–Trinajstić information content (AvgIpc) is 2.27. The summed E-state index contributed by atoms with van der Waals surface area (Å²) < 4.78 is 0. The largest absolute Gasteiger partial charge is 0.363 e. The van der Waals surface area contributed by atoms with E-state index in [0.29, 0.717) is 12.1 Å². The number of aryl methyl sites for hydroxylation is 1. The van der Waals surface area contributed by atoms with Gasteiger partial charge in [-0.1, -0.05) is 6.07 Å². The predicted molar refractivity (Wildman–Crippen MR) is 72.1 cm³/mol. The standard InChI is InChI=1S/C13H19N3O2/c1-9-4-5-12(13(6-9)16(17)18)15-7-10(2)14-11(3)8-15/h4-6,10-11,14H,7-8H2,1-3H3. The van der Waals surface area contributed by atoms with Gasteiger partial charge in [0.15, 0.2) is 0 Å². The Labute approximate surface area is 107 Å². The lowest BCUT2D eigenvalue weighted by atomic mass is 10.1. The first kappa shape index (κ1) is 12.8. The summed E-state index contributed by atoms with van der Waals surface area (Å²) in [7, 11) is 0. The Morgan fingerprint density at radius 1 is 1.33 bits per heavy atom. The highest BCUT2D eigenvalue weighted by molar-refractivity contribution is 5.64. The minimum atomic E-state index is -0.292. The van der Waals surface area contributed by atoms with Crippen molar-refractivity contribution in [2.45, 2.75) is 32.9 Å². The zero-order valence-electron chi connectivity index (χ0n) is 11.0. The van der Waals surface area contributed by atoms with E-state index in [4.69, 9.17) is 0 Å². The van der Waals surface area contributed by atoms with Crippen molar-refractivity contribution in [3.8, 4) is 0 Å².